The Labute approximate surface area is 118 Å². The molecule has 0 saturated heterocycles. The first kappa shape index (κ1) is 14.5. The molecule has 3 atom stereocenters. The predicted octanol–water partition coefficient (Wildman–Crippen LogP) is 3.55. The lowest BCUT2D eigenvalue weighted by molar-refractivity contribution is 0.166. The monoisotopic (exact) mass is 260 g/mol. The van der Waals surface area contributed by atoms with Crippen molar-refractivity contribution in [2.45, 2.75) is 51.1 Å². The maximum Gasteiger partial charge on any atom is 0.0478 e. The van der Waals surface area contributed by atoms with Gasteiger partial charge in [0.05, 0.1) is 0 Å². The van der Waals surface area contributed by atoms with E-state index in [1.54, 1.807) is 0 Å². The second-order valence-electron chi connectivity index (χ2n) is 5.93. The minimum Gasteiger partial charge on any atom is -0.312 e. The number of nitrogens with one attached hydrogen (secondary N) is 1. The number of benzene rings is 1. The van der Waals surface area contributed by atoms with Crippen LogP contribution in [0.3, 0.4) is 0 Å². The van der Waals surface area contributed by atoms with E-state index in [0.29, 0.717) is 18.0 Å². The Kier molecular flexibility index (Phi) is 5.00. The summed E-state index contributed by atoms with van der Waals surface area (Å²) in [5.74, 6) is 0.662. The van der Waals surface area contributed by atoms with Gasteiger partial charge >= 0.3 is 0 Å². The van der Waals surface area contributed by atoms with Crippen LogP contribution in [0.2, 0.25) is 0 Å². The highest BCUT2D eigenvalue weighted by Crippen LogP contribution is 2.39. The first-order valence-corrected chi connectivity index (χ1v) is 7.65. The molecule has 0 amide bonds. The van der Waals surface area contributed by atoms with Gasteiger partial charge in [0.2, 0.25) is 0 Å². The topological polar surface area (TPSA) is 15.3 Å². The minimum atomic E-state index is 0.467. The molecule has 2 rings (SSSR count). The lowest BCUT2D eigenvalue weighted by atomic mass is 9.77. The van der Waals surface area contributed by atoms with E-state index >= 15 is 0 Å². The van der Waals surface area contributed by atoms with E-state index in [2.05, 4.69) is 62.4 Å². The lowest BCUT2D eigenvalue weighted by Gasteiger charge is -2.41. The summed E-state index contributed by atoms with van der Waals surface area (Å²) in [6.45, 7) is 5.84. The maximum atomic E-state index is 3.55. The zero-order chi connectivity index (χ0) is 13.8. The third-order valence-corrected chi connectivity index (χ3v) is 4.58. The van der Waals surface area contributed by atoms with E-state index in [-0.39, 0.29) is 0 Å². The summed E-state index contributed by atoms with van der Waals surface area (Å²) in [6, 6.07) is 10.0. The second kappa shape index (κ2) is 6.53. The van der Waals surface area contributed by atoms with E-state index in [1.807, 2.05) is 0 Å². The van der Waals surface area contributed by atoms with Crippen molar-refractivity contribution in [3.8, 4) is 0 Å². The smallest absolute Gasteiger partial charge is 0.0478 e. The average molecular weight is 260 g/mol. The Balaban J connectivity index is 2.23. The molecule has 3 unspecified atom stereocenters. The third-order valence-electron chi connectivity index (χ3n) is 4.58. The molecule has 0 fully saturated rings. The van der Waals surface area contributed by atoms with Crippen LogP contribution in [0.25, 0.3) is 0 Å². The number of hydrogen-bond donors (Lipinski definition) is 1. The van der Waals surface area contributed by atoms with Crippen LogP contribution in [0.4, 0.5) is 0 Å². The molecular weight excluding hydrogens is 232 g/mol. The normalized spacial score (nSPS) is 26.5. The number of fused-ring (bicyclic) bond motifs is 1. The van der Waals surface area contributed by atoms with Crippen molar-refractivity contribution in [1.29, 1.82) is 0 Å². The highest BCUT2D eigenvalue weighted by molar-refractivity contribution is 5.36. The van der Waals surface area contributed by atoms with Gasteiger partial charge in [0.15, 0.2) is 0 Å². The maximum absolute atomic E-state index is 3.55. The van der Waals surface area contributed by atoms with Crippen LogP contribution in [-0.2, 0) is 0 Å². The van der Waals surface area contributed by atoms with Gasteiger partial charge in [0.25, 0.3) is 0 Å². The van der Waals surface area contributed by atoms with Crippen molar-refractivity contribution in [2.24, 2.45) is 0 Å². The Bertz CT molecular complexity index is 402. The molecule has 1 aliphatic rings. The van der Waals surface area contributed by atoms with Crippen LogP contribution in [0.15, 0.2) is 24.3 Å². The van der Waals surface area contributed by atoms with Crippen molar-refractivity contribution in [2.75, 3.05) is 20.6 Å². The number of rotatable bonds is 5. The Morgan fingerprint density at radius 2 is 1.95 bits per heavy atom. The van der Waals surface area contributed by atoms with Crippen molar-refractivity contribution in [3.05, 3.63) is 35.4 Å². The Morgan fingerprint density at radius 3 is 2.58 bits per heavy atom. The summed E-state index contributed by atoms with van der Waals surface area (Å²) in [6.07, 6.45) is 3.82. The van der Waals surface area contributed by atoms with Gasteiger partial charge in [-0.15, -0.1) is 0 Å². The summed E-state index contributed by atoms with van der Waals surface area (Å²) in [5.41, 5.74) is 3.03. The van der Waals surface area contributed by atoms with Crippen LogP contribution >= 0.6 is 0 Å². The molecule has 0 saturated carbocycles. The fourth-order valence-electron chi connectivity index (χ4n) is 3.43. The number of likely N-dealkylation sites (N-methyl/N-ethyl adjacent to an activating group) is 2. The fraction of sp³-hybridized carbons (Fsp3) is 0.647. The summed E-state index contributed by atoms with van der Waals surface area (Å²) >= 11 is 0. The molecule has 19 heavy (non-hydrogen) atoms. The summed E-state index contributed by atoms with van der Waals surface area (Å²) in [5, 5.41) is 3.55. The van der Waals surface area contributed by atoms with Gasteiger partial charge in [0, 0.05) is 12.1 Å². The number of unbranched alkanes of at least 4 members (excludes halogenated alkanes) is 1. The van der Waals surface area contributed by atoms with E-state index in [0.717, 1.165) is 0 Å². The molecule has 0 aliphatic heterocycles. The molecule has 0 radical (unpaired) electrons. The SMILES string of the molecule is CCCCN(C)C1CC(C)c2ccccc2C1NC. The summed E-state index contributed by atoms with van der Waals surface area (Å²) in [4.78, 5) is 2.55. The molecular formula is C17H28N2. The zero-order valence-electron chi connectivity index (χ0n) is 12.8. The first-order chi connectivity index (χ1) is 9.19. The molecule has 0 bridgehead atoms. The molecule has 0 spiro atoms. The van der Waals surface area contributed by atoms with E-state index in [4.69, 9.17) is 0 Å². The molecule has 2 nitrogen and oxygen atoms in total. The summed E-state index contributed by atoms with van der Waals surface area (Å²) in [7, 11) is 4.38. The van der Waals surface area contributed by atoms with Crippen molar-refractivity contribution in [1.82, 2.24) is 10.2 Å². The third kappa shape index (κ3) is 3.01. The lowest BCUT2D eigenvalue weighted by Crippen LogP contribution is -2.45. The molecule has 1 aliphatic carbocycles. The second-order valence-corrected chi connectivity index (χ2v) is 5.93. The van der Waals surface area contributed by atoms with Crippen LogP contribution in [0.1, 0.15) is 56.2 Å². The van der Waals surface area contributed by atoms with Gasteiger partial charge in [-0.1, -0.05) is 44.5 Å². The van der Waals surface area contributed by atoms with Gasteiger partial charge in [-0.25, -0.2) is 0 Å². The van der Waals surface area contributed by atoms with Crippen LogP contribution in [0, 0.1) is 0 Å². The number of nitrogens with zero attached hydrogens (tertiary/aromatic N) is 1. The highest BCUT2D eigenvalue weighted by atomic mass is 15.2. The van der Waals surface area contributed by atoms with Crippen molar-refractivity contribution in [3.63, 3.8) is 0 Å². The molecule has 0 heterocycles. The van der Waals surface area contributed by atoms with Gasteiger partial charge in [-0.3, -0.25) is 0 Å². The fourth-order valence-corrected chi connectivity index (χ4v) is 3.43. The van der Waals surface area contributed by atoms with E-state index < -0.39 is 0 Å². The van der Waals surface area contributed by atoms with Crippen LogP contribution in [-0.4, -0.2) is 31.6 Å². The van der Waals surface area contributed by atoms with Gasteiger partial charge in [-0.05, 0) is 50.5 Å². The van der Waals surface area contributed by atoms with Gasteiger partial charge in [-0.2, -0.15) is 0 Å². The minimum absolute atomic E-state index is 0.467. The Hall–Kier alpha value is -0.860. The first-order valence-electron chi connectivity index (χ1n) is 7.65. The summed E-state index contributed by atoms with van der Waals surface area (Å²) < 4.78 is 0. The quantitative estimate of drug-likeness (QED) is 0.871. The van der Waals surface area contributed by atoms with Gasteiger partial charge < -0.3 is 10.2 Å². The molecule has 0 aromatic heterocycles. The molecule has 2 heteroatoms. The number of hydrogen-bond acceptors (Lipinski definition) is 2. The van der Waals surface area contributed by atoms with Gasteiger partial charge in [0.1, 0.15) is 0 Å². The zero-order valence-corrected chi connectivity index (χ0v) is 12.8. The standard InChI is InChI=1S/C17H28N2/c1-5-6-11-19(4)16-12-13(2)14-9-7-8-10-15(14)17(16)18-3/h7-10,13,16-18H,5-6,11-12H2,1-4H3. The van der Waals surface area contributed by atoms with Crippen LogP contribution in [0.5, 0.6) is 0 Å². The molecule has 1 aromatic carbocycles. The highest BCUT2D eigenvalue weighted by Gasteiger charge is 2.33. The Morgan fingerprint density at radius 1 is 1.26 bits per heavy atom. The van der Waals surface area contributed by atoms with Crippen LogP contribution < -0.4 is 5.32 Å². The van der Waals surface area contributed by atoms with E-state index in [9.17, 15) is 0 Å². The van der Waals surface area contributed by atoms with Crippen molar-refractivity contribution >= 4 is 0 Å². The van der Waals surface area contributed by atoms with Crippen molar-refractivity contribution < 1.29 is 0 Å². The predicted molar refractivity (Wildman–Crippen MR) is 82.6 cm³/mol. The average Bonchev–Trinajstić information content (AvgIpc) is 2.44. The molecule has 106 valence electrons. The molecule has 1 N–H and O–H groups in total. The largest absolute Gasteiger partial charge is 0.312 e. The van der Waals surface area contributed by atoms with E-state index in [1.165, 1.54) is 36.9 Å². The molecule has 1 aromatic rings.